The van der Waals surface area contributed by atoms with Crippen LogP contribution >= 0.6 is 11.6 Å². The first-order valence-electron chi connectivity index (χ1n) is 7.24. The van der Waals surface area contributed by atoms with Gasteiger partial charge in [0.2, 0.25) is 5.95 Å². The summed E-state index contributed by atoms with van der Waals surface area (Å²) in [6.45, 7) is 0. The molecule has 8 heteroatoms. The molecule has 126 valence electrons. The zero-order valence-electron chi connectivity index (χ0n) is 12.8. The quantitative estimate of drug-likeness (QED) is 0.644. The Hall–Kier alpha value is -3.19. The number of hydrogen-bond acceptors (Lipinski definition) is 5. The molecule has 3 aromatic rings. The SMILES string of the molecule is NC(=O)c1ccccc1Nc1nc(Nc2ccc(F)cc2)ncc1Cl. The summed E-state index contributed by atoms with van der Waals surface area (Å²) in [4.78, 5) is 19.9. The van der Waals surface area contributed by atoms with Crippen molar-refractivity contribution in [2.75, 3.05) is 10.6 Å². The van der Waals surface area contributed by atoms with Crippen molar-refractivity contribution in [3.8, 4) is 0 Å². The smallest absolute Gasteiger partial charge is 0.250 e. The molecule has 1 aromatic heterocycles. The maximum atomic E-state index is 13.0. The van der Waals surface area contributed by atoms with Crippen LogP contribution in [0.4, 0.5) is 27.5 Å². The highest BCUT2D eigenvalue weighted by molar-refractivity contribution is 6.33. The third kappa shape index (κ3) is 4.02. The summed E-state index contributed by atoms with van der Waals surface area (Å²) in [5, 5.41) is 6.18. The van der Waals surface area contributed by atoms with Gasteiger partial charge in [0.15, 0.2) is 5.82 Å². The number of para-hydroxylation sites is 1. The van der Waals surface area contributed by atoms with Gasteiger partial charge in [0, 0.05) is 5.69 Å². The number of primary amides is 1. The molecule has 4 N–H and O–H groups in total. The van der Waals surface area contributed by atoms with Crippen molar-refractivity contribution in [3.05, 3.63) is 71.1 Å². The van der Waals surface area contributed by atoms with Crippen LogP contribution in [0.25, 0.3) is 0 Å². The molecule has 0 bridgehead atoms. The van der Waals surface area contributed by atoms with Crippen molar-refractivity contribution in [3.63, 3.8) is 0 Å². The van der Waals surface area contributed by atoms with Gasteiger partial charge in [-0.15, -0.1) is 0 Å². The lowest BCUT2D eigenvalue weighted by atomic mass is 10.1. The fourth-order valence-electron chi connectivity index (χ4n) is 2.11. The van der Waals surface area contributed by atoms with E-state index in [-0.39, 0.29) is 16.8 Å². The molecule has 0 aliphatic carbocycles. The van der Waals surface area contributed by atoms with Crippen molar-refractivity contribution >= 4 is 40.6 Å². The van der Waals surface area contributed by atoms with E-state index in [1.807, 2.05) is 0 Å². The number of hydrogen-bond donors (Lipinski definition) is 3. The van der Waals surface area contributed by atoms with E-state index < -0.39 is 5.91 Å². The largest absolute Gasteiger partial charge is 0.366 e. The van der Waals surface area contributed by atoms with Gasteiger partial charge in [-0.25, -0.2) is 9.37 Å². The van der Waals surface area contributed by atoms with Crippen LogP contribution < -0.4 is 16.4 Å². The summed E-state index contributed by atoms with van der Waals surface area (Å²) < 4.78 is 13.0. The minimum Gasteiger partial charge on any atom is -0.366 e. The Morgan fingerprint density at radius 3 is 2.52 bits per heavy atom. The maximum absolute atomic E-state index is 13.0. The number of amides is 1. The van der Waals surface area contributed by atoms with Crippen LogP contribution in [0.1, 0.15) is 10.4 Å². The van der Waals surface area contributed by atoms with E-state index in [1.165, 1.54) is 18.3 Å². The van der Waals surface area contributed by atoms with Gasteiger partial charge in [0.1, 0.15) is 10.8 Å². The van der Waals surface area contributed by atoms with E-state index in [0.717, 1.165) is 0 Å². The molecule has 0 aliphatic heterocycles. The normalized spacial score (nSPS) is 10.3. The topological polar surface area (TPSA) is 92.9 Å². The summed E-state index contributed by atoms with van der Waals surface area (Å²) in [6, 6.07) is 12.5. The number of carbonyl (C=O) groups is 1. The molecular weight excluding hydrogens is 345 g/mol. The molecule has 0 unspecified atom stereocenters. The molecular formula is C17H13ClFN5O. The summed E-state index contributed by atoms with van der Waals surface area (Å²) in [5.41, 5.74) is 6.77. The second-order valence-electron chi connectivity index (χ2n) is 5.06. The van der Waals surface area contributed by atoms with E-state index in [2.05, 4.69) is 20.6 Å². The number of nitrogens with one attached hydrogen (secondary N) is 2. The summed E-state index contributed by atoms with van der Waals surface area (Å²) >= 11 is 6.12. The van der Waals surface area contributed by atoms with Crippen LogP contribution in [0.5, 0.6) is 0 Å². The second kappa shape index (κ2) is 7.14. The lowest BCUT2D eigenvalue weighted by Crippen LogP contribution is -2.13. The lowest BCUT2D eigenvalue weighted by Gasteiger charge is -2.12. The van der Waals surface area contributed by atoms with Gasteiger partial charge in [-0.2, -0.15) is 4.98 Å². The van der Waals surface area contributed by atoms with Crippen LogP contribution in [0.15, 0.2) is 54.7 Å². The van der Waals surface area contributed by atoms with Crippen molar-refractivity contribution in [1.82, 2.24) is 9.97 Å². The molecule has 2 aromatic carbocycles. The zero-order valence-corrected chi connectivity index (χ0v) is 13.6. The maximum Gasteiger partial charge on any atom is 0.250 e. The first-order chi connectivity index (χ1) is 12.0. The van der Waals surface area contributed by atoms with E-state index in [9.17, 15) is 9.18 Å². The molecule has 6 nitrogen and oxygen atoms in total. The molecule has 0 spiro atoms. The van der Waals surface area contributed by atoms with Gasteiger partial charge in [0.05, 0.1) is 17.4 Å². The van der Waals surface area contributed by atoms with E-state index >= 15 is 0 Å². The molecule has 1 amide bonds. The van der Waals surface area contributed by atoms with Gasteiger partial charge >= 0.3 is 0 Å². The average Bonchev–Trinajstić information content (AvgIpc) is 2.60. The van der Waals surface area contributed by atoms with Gasteiger partial charge in [-0.1, -0.05) is 23.7 Å². The van der Waals surface area contributed by atoms with Gasteiger partial charge in [0.25, 0.3) is 5.91 Å². The Balaban J connectivity index is 1.87. The Bertz CT molecular complexity index is 917. The molecule has 0 aliphatic rings. The van der Waals surface area contributed by atoms with Crippen LogP contribution in [-0.4, -0.2) is 15.9 Å². The number of nitrogens with two attached hydrogens (primary N) is 1. The van der Waals surface area contributed by atoms with Crippen molar-refractivity contribution in [2.45, 2.75) is 0 Å². The molecule has 0 atom stereocenters. The number of nitrogens with zero attached hydrogens (tertiary/aromatic N) is 2. The monoisotopic (exact) mass is 357 g/mol. The Labute approximate surface area is 147 Å². The first kappa shape index (κ1) is 16.7. The third-order valence-electron chi connectivity index (χ3n) is 3.29. The Morgan fingerprint density at radius 2 is 1.80 bits per heavy atom. The number of halogens is 2. The molecule has 25 heavy (non-hydrogen) atoms. The fraction of sp³-hybridized carbons (Fsp3) is 0. The number of carbonyl (C=O) groups excluding carboxylic acids is 1. The van der Waals surface area contributed by atoms with Crippen LogP contribution in [-0.2, 0) is 0 Å². The van der Waals surface area contributed by atoms with Gasteiger partial charge < -0.3 is 16.4 Å². The highest BCUT2D eigenvalue weighted by Crippen LogP contribution is 2.26. The Morgan fingerprint density at radius 1 is 1.08 bits per heavy atom. The fourth-order valence-corrected chi connectivity index (χ4v) is 2.25. The van der Waals surface area contributed by atoms with E-state index in [1.54, 1.807) is 36.4 Å². The van der Waals surface area contributed by atoms with Crippen LogP contribution in [0.3, 0.4) is 0 Å². The number of rotatable bonds is 5. The molecule has 0 saturated carbocycles. The summed E-state index contributed by atoms with van der Waals surface area (Å²) in [7, 11) is 0. The minimum absolute atomic E-state index is 0.259. The first-order valence-corrected chi connectivity index (χ1v) is 7.62. The predicted molar refractivity (Wildman–Crippen MR) is 95.0 cm³/mol. The Kier molecular flexibility index (Phi) is 4.76. The number of aromatic nitrogens is 2. The lowest BCUT2D eigenvalue weighted by molar-refractivity contribution is 0.100. The summed E-state index contributed by atoms with van der Waals surface area (Å²) in [6.07, 6.45) is 1.41. The third-order valence-corrected chi connectivity index (χ3v) is 3.57. The van der Waals surface area contributed by atoms with Gasteiger partial charge in [-0.05, 0) is 36.4 Å². The zero-order chi connectivity index (χ0) is 17.8. The van der Waals surface area contributed by atoms with Gasteiger partial charge in [-0.3, -0.25) is 4.79 Å². The predicted octanol–water partition coefficient (Wildman–Crippen LogP) is 3.86. The van der Waals surface area contributed by atoms with Crippen molar-refractivity contribution < 1.29 is 9.18 Å². The van der Waals surface area contributed by atoms with Crippen LogP contribution in [0, 0.1) is 5.82 Å². The number of benzene rings is 2. The average molecular weight is 358 g/mol. The minimum atomic E-state index is -0.571. The second-order valence-corrected chi connectivity index (χ2v) is 5.46. The van der Waals surface area contributed by atoms with E-state index in [0.29, 0.717) is 22.8 Å². The van der Waals surface area contributed by atoms with Crippen molar-refractivity contribution in [1.29, 1.82) is 0 Å². The molecule has 3 rings (SSSR count). The van der Waals surface area contributed by atoms with E-state index in [4.69, 9.17) is 17.3 Å². The molecule has 0 radical (unpaired) electrons. The molecule has 0 saturated heterocycles. The highest BCUT2D eigenvalue weighted by Gasteiger charge is 2.11. The number of anilines is 4. The van der Waals surface area contributed by atoms with Crippen molar-refractivity contribution in [2.24, 2.45) is 5.73 Å². The molecule has 0 fully saturated rings. The highest BCUT2D eigenvalue weighted by atomic mass is 35.5. The molecule has 1 heterocycles. The summed E-state index contributed by atoms with van der Waals surface area (Å²) in [5.74, 6) is -0.351. The van der Waals surface area contributed by atoms with Crippen LogP contribution in [0.2, 0.25) is 5.02 Å². The standard InChI is InChI=1S/C17H13ClFN5O/c18-13-9-21-17(22-11-7-5-10(19)6-8-11)24-16(13)23-14-4-2-1-3-12(14)15(20)25/h1-9H,(H2,20,25)(H2,21,22,23,24).